The molecule has 1 aliphatic rings. The summed E-state index contributed by atoms with van der Waals surface area (Å²) in [5.74, 6) is 0. The summed E-state index contributed by atoms with van der Waals surface area (Å²) in [5.41, 5.74) is 4.53. The Morgan fingerprint density at radius 3 is 2.39 bits per heavy atom. The molecule has 2 nitrogen and oxygen atoms in total. The molecule has 1 aromatic rings. The van der Waals surface area contributed by atoms with Gasteiger partial charge in [-0.05, 0) is 23.5 Å². The fraction of sp³-hybridized carbons (Fsp3) is 0.625. The third-order valence-corrected chi connectivity index (χ3v) is 3.62. The minimum Gasteiger partial charge on any atom is -0.314 e. The molecule has 2 rings (SSSR count). The van der Waals surface area contributed by atoms with Gasteiger partial charge in [0.2, 0.25) is 0 Å². The first-order valence-electron chi connectivity index (χ1n) is 6.99. The lowest BCUT2D eigenvalue weighted by molar-refractivity contribution is 0.233. The standard InChI is InChI=1S/C16H26N2/c1-13-9-14(11-15(10-13)16(2,3)4)12-18-7-5-17-6-8-18/h9-11,17H,5-8,12H2,1-4H3. The van der Waals surface area contributed by atoms with Crippen LogP contribution < -0.4 is 5.32 Å². The maximum absolute atomic E-state index is 3.41. The minimum absolute atomic E-state index is 0.240. The summed E-state index contributed by atoms with van der Waals surface area (Å²) in [4.78, 5) is 2.54. The molecule has 0 saturated carbocycles. The molecule has 1 heterocycles. The van der Waals surface area contributed by atoms with E-state index in [1.807, 2.05) is 0 Å². The van der Waals surface area contributed by atoms with Gasteiger partial charge in [0.1, 0.15) is 0 Å². The second-order valence-electron chi connectivity index (χ2n) is 6.48. The van der Waals surface area contributed by atoms with E-state index in [0.29, 0.717) is 0 Å². The topological polar surface area (TPSA) is 15.3 Å². The van der Waals surface area contributed by atoms with Crippen LogP contribution in [0.4, 0.5) is 0 Å². The molecule has 0 aliphatic carbocycles. The number of hydrogen-bond acceptors (Lipinski definition) is 2. The van der Waals surface area contributed by atoms with Crippen LogP contribution in [0.5, 0.6) is 0 Å². The van der Waals surface area contributed by atoms with E-state index >= 15 is 0 Å². The molecule has 0 aromatic heterocycles. The van der Waals surface area contributed by atoms with Gasteiger partial charge in [0, 0.05) is 32.7 Å². The predicted molar refractivity (Wildman–Crippen MR) is 78.0 cm³/mol. The number of hydrogen-bond donors (Lipinski definition) is 1. The van der Waals surface area contributed by atoms with Crippen molar-refractivity contribution in [3.05, 3.63) is 34.9 Å². The number of benzene rings is 1. The van der Waals surface area contributed by atoms with Gasteiger partial charge in [0.05, 0.1) is 0 Å². The maximum atomic E-state index is 3.41. The third-order valence-electron chi connectivity index (χ3n) is 3.62. The average Bonchev–Trinajstić information content (AvgIpc) is 2.28. The van der Waals surface area contributed by atoms with E-state index in [9.17, 15) is 0 Å². The monoisotopic (exact) mass is 246 g/mol. The lowest BCUT2D eigenvalue weighted by Crippen LogP contribution is -2.42. The van der Waals surface area contributed by atoms with Crippen molar-refractivity contribution in [2.75, 3.05) is 26.2 Å². The van der Waals surface area contributed by atoms with Crippen LogP contribution >= 0.6 is 0 Å². The number of nitrogens with zero attached hydrogens (tertiary/aromatic N) is 1. The number of nitrogens with one attached hydrogen (secondary N) is 1. The quantitative estimate of drug-likeness (QED) is 0.863. The Hall–Kier alpha value is -0.860. The molecule has 1 saturated heterocycles. The Morgan fingerprint density at radius 2 is 1.78 bits per heavy atom. The van der Waals surface area contributed by atoms with E-state index in [2.05, 4.69) is 56.1 Å². The molecule has 0 spiro atoms. The molecular weight excluding hydrogens is 220 g/mol. The van der Waals surface area contributed by atoms with Gasteiger partial charge in [0.15, 0.2) is 0 Å². The summed E-state index contributed by atoms with van der Waals surface area (Å²) in [6.45, 7) is 14.7. The van der Waals surface area contributed by atoms with Gasteiger partial charge in [-0.25, -0.2) is 0 Å². The summed E-state index contributed by atoms with van der Waals surface area (Å²) in [5, 5.41) is 3.41. The number of rotatable bonds is 2. The van der Waals surface area contributed by atoms with Gasteiger partial charge in [-0.15, -0.1) is 0 Å². The fourth-order valence-corrected chi connectivity index (χ4v) is 2.51. The van der Waals surface area contributed by atoms with Crippen LogP contribution in [0.2, 0.25) is 0 Å². The van der Waals surface area contributed by atoms with Gasteiger partial charge in [-0.2, -0.15) is 0 Å². The molecule has 1 aliphatic heterocycles. The average molecular weight is 246 g/mol. The van der Waals surface area contributed by atoms with E-state index in [-0.39, 0.29) is 5.41 Å². The number of piperazine rings is 1. The highest BCUT2D eigenvalue weighted by Gasteiger charge is 2.16. The van der Waals surface area contributed by atoms with Crippen molar-refractivity contribution in [3.63, 3.8) is 0 Å². The third kappa shape index (κ3) is 3.56. The SMILES string of the molecule is Cc1cc(CN2CCNCC2)cc(C(C)(C)C)c1. The Labute approximate surface area is 111 Å². The van der Waals surface area contributed by atoms with Crippen molar-refractivity contribution in [2.45, 2.75) is 39.7 Å². The number of aryl methyl sites for hydroxylation is 1. The van der Waals surface area contributed by atoms with Gasteiger partial charge in [-0.1, -0.05) is 44.5 Å². The fourth-order valence-electron chi connectivity index (χ4n) is 2.51. The minimum atomic E-state index is 0.240. The molecule has 18 heavy (non-hydrogen) atoms. The lowest BCUT2D eigenvalue weighted by Gasteiger charge is -2.28. The van der Waals surface area contributed by atoms with E-state index in [4.69, 9.17) is 0 Å². The van der Waals surface area contributed by atoms with Crippen molar-refractivity contribution in [2.24, 2.45) is 0 Å². The van der Waals surface area contributed by atoms with Crippen LogP contribution in [0.1, 0.15) is 37.5 Å². The Kier molecular flexibility index (Phi) is 4.08. The molecule has 0 unspecified atom stereocenters. The van der Waals surface area contributed by atoms with Crippen LogP contribution in [0.25, 0.3) is 0 Å². The van der Waals surface area contributed by atoms with Crippen LogP contribution in [0.3, 0.4) is 0 Å². The Bertz CT molecular complexity index is 398. The molecule has 1 aromatic carbocycles. The molecule has 1 N–H and O–H groups in total. The second-order valence-corrected chi connectivity index (χ2v) is 6.48. The Balaban J connectivity index is 2.14. The van der Waals surface area contributed by atoms with E-state index in [1.54, 1.807) is 0 Å². The van der Waals surface area contributed by atoms with Crippen molar-refractivity contribution in [1.29, 1.82) is 0 Å². The summed E-state index contributed by atoms with van der Waals surface area (Å²) in [6.07, 6.45) is 0. The van der Waals surface area contributed by atoms with E-state index in [0.717, 1.165) is 19.6 Å². The van der Waals surface area contributed by atoms with Crippen LogP contribution in [0.15, 0.2) is 18.2 Å². The normalized spacial score (nSPS) is 18.0. The van der Waals surface area contributed by atoms with Crippen molar-refractivity contribution in [3.8, 4) is 0 Å². The molecule has 0 amide bonds. The molecule has 1 fully saturated rings. The van der Waals surface area contributed by atoms with Crippen molar-refractivity contribution in [1.82, 2.24) is 10.2 Å². The van der Waals surface area contributed by atoms with Gasteiger partial charge < -0.3 is 5.32 Å². The zero-order chi connectivity index (χ0) is 13.2. The summed E-state index contributed by atoms with van der Waals surface area (Å²) >= 11 is 0. The van der Waals surface area contributed by atoms with Crippen molar-refractivity contribution < 1.29 is 0 Å². The zero-order valence-electron chi connectivity index (χ0n) is 12.2. The second kappa shape index (κ2) is 5.41. The van der Waals surface area contributed by atoms with E-state index in [1.165, 1.54) is 29.8 Å². The van der Waals surface area contributed by atoms with E-state index < -0.39 is 0 Å². The first-order valence-corrected chi connectivity index (χ1v) is 6.99. The van der Waals surface area contributed by atoms with Crippen LogP contribution in [-0.2, 0) is 12.0 Å². The molecule has 0 atom stereocenters. The lowest BCUT2D eigenvalue weighted by atomic mass is 9.85. The first kappa shape index (κ1) is 13.6. The van der Waals surface area contributed by atoms with Crippen LogP contribution in [0, 0.1) is 6.92 Å². The molecule has 0 radical (unpaired) electrons. The van der Waals surface area contributed by atoms with Gasteiger partial charge in [-0.3, -0.25) is 4.90 Å². The molecular formula is C16H26N2. The highest BCUT2D eigenvalue weighted by Crippen LogP contribution is 2.25. The zero-order valence-corrected chi connectivity index (χ0v) is 12.2. The first-order chi connectivity index (χ1) is 8.45. The highest BCUT2D eigenvalue weighted by atomic mass is 15.2. The smallest absolute Gasteiger partial charge is 0.0235 e. The molecule has 2 heteroatoms. The largest absolute Gasteiger partial charge is 0.314 e. The summed E-state index contributed by atoms with van der Waals surface area (Å²) < 4.78 is 0. The molecule has 100 valence electrons. The summed E-state index contributed by atoms with van der Waals surface area (Å²) in [7, 11) is 0. The van der Waals surface area contributed by atoms with Gasteiger partial charge >= 0.3 is 0 Å². The molecule has 0 bridgehead atoms. The Morgan fingerprint density at radius 1 is 1.11 bits per heavy atom. The van der Waals surface area contributed by atoms with Crippen LogP contribution in [-0.4, -0.2) is 31.1 Å². The maximum Gasteiger partial charge on any atom is 0.0235 e. The highest BCUT2D eigenvalue weighted by molar-refractivity contribution is 5.33. The van der Waals surface area contributed by atoms with Gasteiger partial charge in [0.25, 0.3) is 0 Å². The van der Waals surface area contributed by atoms with Crippen molar-refractivity contribution >= 4 is 0 Å². The summed E-state index contributed by atoms with van der Waals surface area (Å²) in [6, 6.07) is 7.04. The predicted octanol–water partition coefficient (Wildman–Crippen LogP) is 2.70.